The minimum absolute atomic E-state index is 0.492. The number of hydrogen-bond acceptors (Lipinski definition) is 5. The van der Waals surface area contributed by atoms with E-state index < -0.39 is 24.7 Å². The lowest BCUT2D eigenvalue weighted by atomic mass is 10.6. The van der Waals surface area contributed by atoms with Gasteiger partial charge in [0.2, 0.25) is 0 Å². The summed E-state index contributed by atoms with van der Waals surface area (Å²) in [5, 5.41) is 2.24. The average Bonchev–Trinajstić information content (AvgIpc) is 2.13. The number of carbonyl (C=O) groups excluding carboxylic acids is 2. The van der Waals surface area contributed by atoms with Gasteiger partial charge in [0.15, 0.2) is 0 Å². The van der Waals surface area contributed by atoms with Crippen LogP contribution in [0.3, 0.4) is 0 Å². The Morgan fingerprint density at radius 3 is 2.40 bits per heavy atom. The van der Waals surface area contributed by atoms with E-state index in [2.05, 4.69) is 15.1 Å². The summed E-state index contributed by atoms with van der Waals surface area (Å²) in [7, 11) is 0. The summed E-state index contributed by atoms with van der Waals surface area (Å²) in [6.45, 7) is -0.492. The maximum Gasteiger partial charge on any atom is 0.495 e. The molecule has 5 nitrogen and oxygen atoms in total. The Hall–Kier alpha value is -1.44. The third-order valence-electron chi connectivity index (χ3n) is 0.869. The summed E-state index contributed by atoms with van der Waals surface area (Å²) in [5.74, 6) is -3.81. The van der Waals surface area contributed by atoms with Gasteiger partial charge in [0.1, 0.15) is 6.54 Å². The van der Waals surface area contributed by atoms with E-state index in [1.54, 1.807) is 0 Å². The van der Waals surface area contributed by atoms with Crippen LogP contribution < -0.4 is 5.32 Å². The van der Waals surface area contributed by atoms with Gasteiger partial charge in [-0.25, -0.2) is 19.4 Å². The molecule has 1 N–H and O–H groups in total. The van der Waals surface area contributed by atoms with Crippen LogP contribution in [-0.2, 0) is 19.4 Å². The highest BCUT2D eigenvalue weighted by Gasteiger charge is 2.43. The fraction of sp³-hybridized carbons (Fsp3) is 0.333. The summed E-state index contributed by atoms with van der Waals surface area (Å²) < 4.78 is 34.5. The largest absolute Gasteiger partial charge is 0.495 e. The molecule has 0 saturated carbocycles. The van der Waals surface area contributed by atoms with Crippen molar-refractivity contribution < 1.29 is 32.5 Å². The maximum atomic E-state index is 11.5. The second-order valence-electron chi connectivity index (χ2n) is 2.00. The Labute approximate surface area is 86.7 Å². The molecule has 0 radical (unpaired) electrons. The van der Waals surface area contributed by atoms with Gasteiger partial charge in [0, 0.05) is 11.7 Å². The number of hydrogen-bond donors (Lipinski definition) is 1. The van der Waals surface area contributed by atoms with Crippen LogP contribution in [0.15, 0.2) is 11.7 Å². The minimum atomic E-state index is -5.20. The average molecular weight is 248 g/mol. The Morgan fingerprint density at radius 2 is 1.93 bits per heavy atom. The SMILES string of the molecule is O=C(CN/C=C/Cl)OOC(=O)C(F)(F)F. The lowest BCUT2D eigenvalue weighted by molar-refractivity contribution is -0.285. The molecular formula is C6H5ClF3NO4. The minimum Gasteiger partial charge on any atom is -0.380 e. The van der Waals surface area contributed by atoms with Crippen molar-refractivity contribution in [3.8, 4) is 0 Å². The number of rotatable bonds is 3. The molecule has 0 fully saturated rings. The molecule has 0 unspecified atom stereocenters. The Bertz CT molecular complexity index is 266. The van der Waals surface area contributed by atoms with Crippen LogP contribution in [0.5, 0.6) is 0 Å². The number of nitrogens with one attached hydrogen (secondary N) is 1. The lowest BCUT2D eigenvalue weighted by Gasteiger charge is -2.04. The second kappa shape index (κ2) is 6.12. The molecular weight excluding hydrogens is 243 g/mol. The third kappa shape index (κ3) is 6.61. The summed E-state index contributed by atoms with van der Waals surface area (Å²) in [5.41, 5.74) is 1.02. The highest BCUT2D eigenvalue weighted by atomic mass is 35.5. The Balaban J connectivity index is 3.77. The Morgan fingerprint density at radius 1 is 1.33 bits per heavy atom. The Kier molecular flexibility index (Phi) is 5.53. The first-order chi connectivity index (χ1) is 6.88. The van der Waals surface area contributed by atoms with Gasteiger partial charge in [0.25, 0.3) is 0 Å². The van der Waals surface area contributed by atoms with E-state index in [0.717, 1.165) is 11.7 Å². The second-order valence-corrected chi connectivity index (χ2v) is 2.25. The van der Waals surface area contributed by atoms with Gasteiger partial charge >= 0.3 is 18.1 Å². The van der Waals surface area contributed by atoms with Gasteiger partial charge in [-0.3, -0.25) is 0 Å². The third-order valence-corrected chi connectivity index (χ3v) is 0.995. The molecule has 0 spiro atoms. The van der Waals surface area contributed by atoms with Crippen LogP contribution in [0.25, 0.3) is 0 Å². The highest BCUT2D eigenvalue weighted by Crippen LogP contribution is 2.16. The van der Waals surface area contributed by atoms with Crippen molar-refractivity contribution in [2.24, 2.45) is 0 Å². The van der Waals surface area contributed by atoms with Crippen molar-refractivity contribution in [3.05, 3.63) is 11.7 Å². The quantitative estimate of drug-likeness (QED) is 0.592. The normalized spacial score (nSPS) is 11.2. The predicted molar refractivity (Wildman–Crippen MR) is 41.2 cm³/mol. The van der Waals surface area contributed by atoms with E-state index in [1.807, 2.05) is 0 Å². The first-order valence-corrected chi connectivity index (χ1v) is 3.78. The zero-order valence-electron chi connectivity index (χ0n) is 7.01. The van der Waals surface area contributed by atoms with Crippen molar-refractivity contribution in [2.75, 3.05) is 6.54 Å². The molecule has 0 rings (SSSR count). The smallest absolute Gasteiger partial charge is 0.380 e. The van der Waals surface area contributed by atoms with Gasteiger partial charge in [0.05, 0.1) is 0 Å². The van der Waals surface area contributed by atoms with E-state index in [9.17, 15) is 22.8 Å². The van der Waals surface area contributed by atoms with Crippen molar-refractivity contribution >= 4 is 23.5 Å². The zero-order valence-corrected chi connectivity index (χ0v) is 7.76. The molecule has 0 aromatic carbocycles. The molecule has 0 aliphatic carbocycles. The van der Waals surface area contributed by atoms with E-state index in [0.29, 0.717) is 0 Å². The van der Waals surface area contributed by atoms with Gasteiger partial charge < -0.3 is 5.32 Å². The molecule has 86 valence electrons. The van der Waals surface area contributed by atoms with E-state index in [-0.39, 0.29) is 0 Å². The summed E-state index contributed by atoms with van der Waals surface area (Å²) in [6.07, 6.45) is -4.07. The molecule has 15 heavy (non-hydrogen) atoms. The number of halogens is 4. The summed E-state index contributed by atoms with van der Waals surface area (Å²) in [6, 6.07) is 0. The van der Waals surface area contributed by atoms with Gasteiger partial charge in [-0.2, -0.15) is 13.2 Å². The first-order valence-electron chi connectivity index (χ1n) is 3.35. The van der Waals surface area contributed by atoms with E-state index in [4.69, 9.17) is 11.6 Å². The zero-order chi connectivity index (χ0) is 11.9. The monoisotopic (exact) mass is 247 g/mol. The maximum absolute atomic E-state index is 11.5. The molecule has 0 aliphatic rings. The topological polar surface area (TPSA) is 64.6 Å². The van der Waals surface area contributed by atoms with Crippen LogP contribution in [0, 0.1) is 0 Å². The molecule has 9 heteroatoms. The first kappa shape index (κ1) is 13.6. The van der Waals surface area contributed by atoms with Gasteiger partial charge in [-0.05, 0) is 0 Å². The van der Waals surface area contributed by atoms with Crippen LogP contribution in [0.2, 0.25) is 0 Å². The van der Waals surface area contributed by atoms with Gasteiger partial charge in [-0.1, -0.05) is 11.6 Å². The van der Waals surface area contributed by atoms with Crippen molar-refractivity contribution in [2.45, 2.75) is 6.18 Å². The fourth-order valence-corrected chi connectivity index (χ4v) is 0.437. The summed E-state index contributed by atoms with van der Waals surface area (Å²) in [4.78, 5) is 27.3. The predicted octanol–water partition coefficient (Wildman–Crippen LogP) is 0.850. The van der Waals surface area contributed by atoms with Crippen molar-refractivity contribution in [1.29, 1.82) is 0 Å². The molecule has 0 aromatic rings. The van der Waals surface area contributed by atoms with Gasteiger partial charge in [-0.15, -0.1) is 0 Å². The molecule has 0 bridgehead atoms. The van der Waals surface area contributed by atoms with Crippen molar-refractivity contribution in [1.82, 2.24) is 5.32 Å². The molecule has 0 aliphatic heterocycles. The fourth-order valence-electron chi connectivity index (χ4n) is 0.348. The van der Waals surface area contributed by atoms with E-state index in [1.165, 1.54) is 0 Å². The standard InChI is InChI=1S/C6H5ClF3NO4/c7-1-2-11-3-4(12)14-15-5(13)6(8,9)10/h1-2,11H,3H2/b2-1+. The molecule has 0 heterocycles. The van der Waals surface area contributed by atoms with Crippen LogP contribution >= 0.6 is 11.6 Å². The highest BCUT2D eigenvalue weighted by molar-refractivity contribution is 6.25. The number of alkyl halides is 3. The molecule has 0 aromatic heterocycles. The summed E-state index contributed by atoms with van der Waals surface area (Å²) >= 11 is 5.04. The molecule has 0 atom stereocenters. The van der Waals surface area contributed by atoms with Crippen LogP contribution in [0.4, 0.5) is 13.2 Å². The lowest BCUT2D eigenvalue weighted by Crippen LogP contribution is -2.28. The van der Waals surface area contributed by atoms with Crippen molar-refractivity contribution in [3.63, 3.8) is 0 Å². The van der Waals surface area contributed by atoms with Crippen LogP contribution in [-0.4, -0.2) is 24.7 Å². The number of carbonyl (C=O) groups is 2. The van der Waals surface area contributed by atoms with E-state index >= 15 is 0 Å². The molecule has 0 saturated heterocycles. The molecule has 0 amide bonds. The van der Waals surface area contributed by atoms with Crippen LogP contribution in [0.1, 0.15) is 0 Å².